The molecule has 0 radical (unpaired) electrons. The molecule has 1 aliphatic carbocycles. The van der Waals surface area contributed by atoms with Crippen molar-refractivity contribution in [2.24, 2.45) is 5.73 Å². The van der Waals surface area contributed by atoms with Gasteiger partial charge in [0.25, 0.3) is 5.69 Å². The maximum absolute atomic E-state index is 10.7. The number of anilines is 1. The lowest BCUT2D eigenvalue weighted by Gasteiger charge is -2.38. The molecular formula is C12H17N3O2. The van der Waals surface area contributed by atoms with E-state index in [4.69, 9.17) is 5.73 Å². The van der Waals surface area contributed by atoms with Crippen LogP contribution in [0.25, 0.3) is 0 Å². The molecule has 3 N–H and O–H groups in total. The van der Waals surface area contributed by atoms with Gasteiger partial charge in [0.1, 0.15) is 0 Å². The molecule has 0 aromatic heterocycles. The highest BCUT2D eigenvalue weighted by Crippen LogP contribution is 2.29. The molecule has 0 aliphatic heterocycles. The number of nitrogens with two attached hydrogens (primary N) is 1. The highest BCUT2D eigenvalue weighted by Gasteiger charge is 2.32. The van der Waals surface area contributed by atoms with Crippen molar-refractivity contribution in [2.45, 2.75) is 31.7 Å². The number of aryl methyl sites for hydroxylation is 1. The largest absolute Gasteiger partial charge is 0.383 e. The maximum atomic E-state index is 10.7. The molecule has 0 heterocycles. The molecule has 1 aliphatic rings. The first-order chi connectivity index (χ1) is 7.98. The minimum Gasteiger partial charge on any atom is -0.383 e. The Labute approximate surface area is 100 Å². The van der Waals surface area contributed by atoms with Crippen molar-refractivity contribution < 1.29 is 4.92 Å². The maximum Gasteiger partial charge on any atom is 0.271 e. The Bertz CT molecular complexity index is 441. The monoisotopic (exact) mass is 235 g/mol. The summed E-state index contributed by atoms with van der Waals surface area (Å²) in [5, 5.41) is 13.9. The first-order valence-corrected chi connectivity index (χ1v) is 5.77. The van der Waals surface area contributed by atoms with Crippen LogP contribution in [0.1, 0.15) is 24.8 Å². The Kier molecular flexibility index (Phi) is 3.02. The summed E-state index contributed by atoms with van der Waals surface area (Å²) in [4.78, 5) is 10.4. The number of non-ortho nitro benzene ring substituents is 1. The van der Waals surface area contributed by atoms with Gasteiger partial charge in [-0.05, 0) is 37.8 Å². The van der Waals surface area contributed by atoms with Crippen LogP contribution in [-0.4, -0.2) is 17.0 Å². The quantitative estimate of drug-likeness (QED) is 0.619. The van der Waals surface area contributed by atoms with Crippen LogP contribution in [0.5, 0.6) is 0 Å². The van der Waals surface area contributed by atoms with E-state index < -0.39 is 0 Å². The van der Waals surface area contributed by atoms with Crippen molar-refractivity contribution in [1.82, 2.24) is 0 Å². The number of rotatable bonds is 4. The Morgan fingerprint density at radius 3 is 2.71 bits per heavy atom. The van der Waals surface area contributed by atoms with Crippen molar-refractivity contribution in [2.75, 3.05) is 11.9 Å². The molecule has 1 fully saturated rings. The molecule has 1 aromatic carbocycles. The summed E-state index contributed by atoms with van der Waals surface area (Å²) in [6, 6.07) is 5.01. The van der Waals surface area contributed by atoms with Gasteiger partial charge < -0.3 is 11.1 Å². The number of hydrogen-bond acceptors (Lipinski definition) is 4. The number of nitrogens with zero attached hydrogens (tertiary/aromatic N) is 1. The van der Waals surface area contributed by atoms with Gasteiger partial charge in [-0.15, -0.1) is 0 Å². The molecule has 0 saturated heterocycles. The Balaban J connectivity index is 2.07. The summed E-state index contributed by atoms with van der Waals surface area (Å²) in [5.74, 6) is 0. The Morgan fingerprint density at radius 2 is 2.18 bits per heavy atom. The SMILES string of the molecule is Cc1cc(NCC2(N)CCC2)cc([N+](=O)[O-])c1. The average molecular weight is 235 g/mol. The molecule has 0 unspecified atom stereocenters. The molecular weight excluding hydrogens is 218 g/mol. The fourth-order valence-electron chi connectivity index (χ4n) is 2.06. The molecule has 17 heavy (non-hydrogen) atoms. The Morgan fingerprint density at radius 1 is 1.47 bits per heavy atom. The van der Waals surface area contributed by atoms with E-state index in [0.29, 0.717) is 6.54 Å². The van der Waals surface area contributed by atoms with Gasteiger partial charge in [-0.1, -0.05) is 0 Å². The molecule has 1 saturated carbocycles. The Hall–Kier alpha value is -1.62. The second-order valence-corrected chi connectivity index (χ2v) is 4.88. The van der Waals surface area contributed by atoms with E-state index in [0.717, 1.165) is 24.1 Å². The summed E-state index contributed by atoms with van der Waals surface area (Å²) in [6.45, 7) is 2.52. The first kappa shape index (κ1) is 11.9. The van der Waals surface area contributed by atoms with Gasteiger partial charge in [-0.2, -0.15) is 0 Å². The van der Waals surface area contributed by atoms with Crippen LogP contribution < -0.4 is 11.1 Å². The van der Waals surface area contributed by atoms with E-state index in [1.807, 2.05) is 13.0 Å². The smallest absolute Gasteiger partial charge is 0.271 e. The minimum atomic E-state index is -0.375. The number of nitro benzene ring substituents is 1. The minimum absolute atomic E-state index is 0.118. The predicted octanol–water partition coefficient (Wildman–Crippen LogP) is 2.20. The highest BCUT2D eigenvalue weighted by molar-refractivity contribution is 5.54. The van der Waals surface area contributed by atoms with E-state index in [1.54, 1.807) is 12.1 Å². The second-order valence-electron chi connectivity index (χ2n) is 4.88. The molecule has 0 amide bonds. The molecule has 92 valence electrons. The van der Waals surface area contributed by atoms with Crippen LogP contribution in [0, 0.1) is 17.0 Å². The van der Waals surface area contributed by atoms with Crippen molar-refractivity contribution in [3.05, 3.63) is 33.9 Å². The van der Waals surface area contributed by atoms with Crippen molar-refractivity contribution >= 4 is 11.4 Å². The standard InChI is InChI=1S/C12H17N3O2/c1-9-5-10(7-11(6-9)15(16)17)14-8-12(13)3-2-4-12/h5-7,14H,2-4,8,13H2,1H3. The van der Waals surface area contributed by atoms with E-state index in [-0.39, 0.29) is 16.1 Å². The molecule has 2 rings (SSSR count). The zero-order valence-corrected chi connectivity index (χ0v) is 9.90. The van der Waals surface area contributed by atoms with E-state index in [2.05, 4.69) is 5.32 Å². The zero-order valence-electron chi connectivity index (χ0n) is 9.90. The van der Waals surface area contributed by atoms with Gasteiger partial charge in [0.15, 0.2) is 0 Å². The molecule has 0 atom stereocenters. The topological polar surface area (TPSA) is 81.2 Å². The third-order valence-electron chi connectivity index (χ3n) is 3.27. The molecule has 5 nitrogen and oxygen atoms in total. The lowest BCUT2D eigenvalue weighted by atomic mass is 9.78. The average Bonchev–Trinajstić information content (AvgIpc) is 2.23. The lowest BCUT2D eigenvalue weighted by Crippen LogP contribution is -2.51. The number of nitrogens with one attached hydrogen (secondary N) is 1. The third-order valence-corrected chi connectivity index (χ3v) is 3.27. The molecule has 0 bridgehead atoms. The summed E-state index contributed by atoms with van der Waals surface area (Å²) in [7, 11) is 0. The third kappa shape index (κ3) is 2.74. The lowest BCUT2D eigenvalue weighted by molar-refractivity contribution is -0.384. The van der Waals surface area contributed by atoms with Gasteiger partial charge >= 0.3 is 0 Å². The van der Waals surface area contributed by atoms with Crippen LogP contribution in [0.2, 0.25) is 0 Å². The second kappa shape index (κ2) is 4.33. The summed E-state index contributed by atoms with van der Waals surface area (Å²) >= 11 is 0. The van der Waals surface area contributed by atoms with Crippen molar-refractivity contribution in [3.8, 4) is 0 Å². The van der Waals surface area contributed by atoms with Crippen LogP contribution in [0.15, 0.2) is 18.2 Å². The predicted molar refractivity (Wildman–Crippen MR) is 67.1 cm³/mol. The van der Waals surface area contributed by atoms with Crippen LogP contribution in [0.3, 0.4) is 0 Å². The van der Waals surface area contributed by atoms with Gasteiger partial charge in [0.05, 0.1) is 4.92 Å². The van der Waals surface area contributed by atoms with Gasteiger partial charge in [0, 0.05) is 29.9 Å². The summed E-state index contributed by atoms with van der Waals surface area (Å²) < 4.78 is 0. The van der Waals surface area contributed by atoms with Crippen molar-refractivity contribution in [1.29, 1.82) is 0 Å². The first-order valence-electron chi connectivity index (χ1n) is 5.77. The van der Waals surface area contributed by atoms with E-state index in [9.17, 15) is 10.1 Å². The fraction of sp³-hybridized carbons (Fsp3) is 0.500. The van der Waals surface area contributed by atoms with Gasteiger partial charge in [0.2, 0.25) is 0 Å². The van der Waals surface area contributed by atoms with Gasteiger partial charge in [-0.3, -0.25) is 10.1 Å². The van der Waals surface area contributed by atoms with Gasteiger partial charge in [-0.25, -0.2) is 0 Å². The molecule has 1 aromatic rings. The summed E-state index contributed by atoms with van der Waals surface area (Å²) in [5.41, 5.74) is 7.73. The fourth-order valence-corrected chi connectivity index (χ4v) is 2.06. The summed E-state index contributed by atoms with van der Waals surface area (Å²) in [6.07, 6.45) is 3.22. The number of hydrogen-bond donors (Lipinski definition) is 2. The van der Waals surface area contributed by atoms with Crippen LogP contribution in [0.4, 0.5) is 11.4 Å². The highest BCUT2D eigenvalue weighted by atomic mass is 16.6. The van der Waals surface area contributed by atoms with E-state index >= 15 is 0 Å². The van der Waals surface area contributed by atoms with E-state index in [1.165, 1.54) is 6.42 Å². The van der Waals surface area contributed by atoms with Crippen molar-refractivity contribution in [3.63, 3.8) is 0 Å². The molecule has 5 heteroatoms. The number of nitro groups is 1. The zero-order chi connectivity index (χ0) is 12.5. The molecule has 0 spiro atoms. The van der Waals surface area contributed by atoms with Crippen LogP contribution >= 0.6 is 0 Å². The number of benzene rings is 1. The normalized spacial score (nSPS) is 17.3. The van der Waals surface area contributed by atoms with Crippen LogP contribution in [-0.2, 0) is 0 Å².